The molecule has 0 aliphatic heterocycles. The van der Waals surface area contributed by atoms with Crippen LogP contribution < -0.4 is 9.47 Å². The number of methoxy groups -OCH3 is 2. The summed E-state index contributed by atoms with van der Waals surface area (Å²) in [5, 5.41) is 22.9. The molecule has 2 aromatic carbocycles. The number of carbonyl (C=O) groups is 1. The zero-order valence-corrected chi connectivity index (χ0v) is 17.8. The normalized spacial score (nSPS) is 11.6. The molecular weight excluding hydrogens is 444 g/mol. The molecule has 0 saturated carbocycles. The van der Waals surface area contributed by atoms with Crippen LogP contribution in [-0.2, 0) is 14.6 Å². The lowest BCUT2D eigenvalue weighted by atomic mass is 10.1. The number of hydrogen-bond acceptors (Lipinski definition) is 9. The number of ether oxygens (including phenoxy) is 2. The fraction of sp³-hybridized carbons (Fsp3) is 0.150. The Morgan fingerprint density at radius 1 is 0.906 bits per heavy atom. The van der Waals surface area contributed by atoms with Crippen molar-refractivity contribution in [1.29, 1.82) is 0 Å². The van der Waals surface area contributed by atoms with E-state index >= 15 is 0 Å². The first-order valence-electron chi connectivity index (χ1n) is 8.83. The number of sulfone groups is 1. The van der Waals surface area contributed by atoms with Crippen LogP contribution in [0, 0.1) is 20.2 Å². The van der Waals surface area contributed by atoms with Crippen molar-refractivity contribution >= 4 is 39.1 Å². The third kappa shape index (κ3) is 6.47. The molecule has 0 amide bonds. The van der Waals surface area contributed by atoms with Crippen molar-refractivity contribution in [1.82, 2.24) is 0 Å². The molecule has 0 radical (unpaired) electrons. The number of nitrogens with zero attached hydrogens (tertiary/aromatic N) is 2. The molecule has 0 N–H and O–H groups in total. The highest BCUT2D eigenvalue weighted by molar-refractivity contribution is 7.95. The van der Waals surface area contributed by atoms with Crippen LogP contribution in [0.1, 0.15) is 11.1 Å². The summed E-state index contributed by atoms with van der Waals surface area (Å²) in [6, 6.07) is 7.91. The summed E-state index contributed by atoms with van der Waals surface area (Å²) in [5.74, 6) is -1.54. The average molecular weight is 462 g/mol. The molecule has 0 aliphatic rings. The van der Waals surface area contributed by atoms with E-state index in [0.29, 0.717) is 5.56 Å². The third-order valence-electron chi connectivity index (χ3n) is 4.07. The van der Waals surface area contributed by atoms with E-state index < -0.39 is 31.2 Å². The van der Waals surface area contributed by atoms with Crippen LogP contribution in [0.2, 0.25) is 0 Å². The number of carbonyl (C=O) groups excluding carboxylic acids is 1. The minimum atomic E-state index is -3.98. The van der Waals surface area contributed by atoms with Gasteiger partial charge in [0.1, 0.15) is 5.75 Å². The molecule has 0 fully saturated rings. The van der Waals surface area contributed by atoms with Gasteiger partial charge in [-0.1, -0.05) is 18.2 Å². The molecule has 0 heterocycles. The Balaban J connectivity index is 2.13. The first-order chi connectivity index (χ1) is 15.1. The van der Waals surface area contributed by atoms with Gasteiger partial charge in [0, 0.05) is 17.5 Å². The molecule has 0 atom stereocenters. The quantitative estimate of drug-likeness (QED) is 0.294. The van der Waals surface area contributed by atoms with Gasteiger partial charge >= 0.3 is 11.4 Å². The Bertz CT molecular complexity index is 1220. The van der Waals surface area contributed by atoms with Gasteiger partial charge in [0.15, 0.2) is 27.1 Å². The van der Waals surface area contributed by atoms with Crippen LogP contribution in [0.3, 0.4) is 0 Å². The molecule has 0 unspecified atom stereocenters. The number of allylic oxidation sites excluding steroid dienone is 1. The van der Waals surface area contributed by atoms with Crippen molar-refractivity contribution in [3.8, 4) is 11.5 Å². The van der Waals surface area contributed by atoms with Crippen molar-refractivity contribution in [3.05, 3.63) is 79.2 Å². The van der Waals surface area contributed by atoms with Gasteiger partial charge in [-0.05, 0) is 35.4 Å². The second-order valence-corrected chi connectivity index (χ2v) is 8.17. The maximum Gasteiger partial charge on any atom is 0.311 e. The van der Waals surface area contributed by atoms with Crippen LogP contribution in [0.4, 0.5) is 11.4 Å². The number of benzene rings is 2. The highest BCUT2D eigenvalue weighted by Crippen LogP contribution is 2.29. The van der Waals surface area contributed by atoms with E-state index in [2.05, 4.69) is 0 Å². The van der Waals surface area contributed by atoms with Gasteiger partial charge in [-0.15, -0.1) is 0 Å². The van der Waals surface area contributed by atoms with Gasteiger partial charge in [-0.2, -0.15) is 0 Å². The number of ketones is 1. The van der Waals surface area contributed by atoms with Gasteiger partial charge in [0.2, 0.25) is 0 Å². The molecule has 0 aliphatic carbocycles. The molecule has 32 heavy (non-hydrogen) atoms. The minimum absolute atomic E-state index is 0.0223. The lowest BCUT2D eigenvalue weighted by molar-refractivity contribution is -0.385. The molecule has 0 saturated heterocycles. The first kappa shape index (κ1) is 24.2. The van der Waals surface area contributed by atoms with E-state index in [-0.39, 0.29) is 28.4 Å². The van der Waals surface area contributed by atoms with Gasteiger partial charge < -0.3 is 9.47 Å². The van der Waals surface area contributed by atoms with Gasteiger partial charge in [0.05, 0.1) is 24.1 Å². The summed E-state index contributed by atoms with van der Waals surface area (Å²) >= 11 is 0. The van der Waals surface area contributed by atoms with Crippen LogP contribution >= 0.6 is 0 Å². The summed E-state index contributed by atoms with van der Waals surface area (Å²) in [6.07, 6.45) is 3.38. The highest BCUT2D eigenvalue weighted by atomic mass is 32.2. The van der Waals surface area contributed by atoms with E-state index in [4.69, 9.17) is 9.47 Å². The van der Waals surface area contributed by atoms with E-state index in [0.717, 1.165) is 23.6 Å². The van der Waals surface area contributed by atoms with Crippen LogP contribution in [-0.4, -0.2) is 44.0 Å². The predicted molar refractivity (Wildman–Crippen MR) is 116 cm³/mol. The minimum Gasteiger partial charge on any atom is -0.490 e. The maximum atomic E-state index is 12.2. The van der Waals surface area contributed by atoms with Gasteiger partial charge in [-0.3, -0.25) is 25.0 Å². The summed E-state index contributed by atoms with van der Waals surface area (Å²) in [4.78, 5) is 32.8. The van der Waals surface area contributed by atoms with Gasteiger partial charge in [-0.25, -0.2) is 8.42 Å². The zero-order chi connectivity index (χ0) is 23.9. The molecular formula is C20H18N2O9S. The molecule has 11 nitrogen and oxygen atoms in total. The summed E-state index contributed by atoms with van der Waals surface area (Å²) in [6.45, 7) is 0. The fourth-order valence-corrected chi connectivity index (χ4v) is 3.53. The van der Waals surface area contributed by atoms with E-state index in [1.165, 1.54) is 50.6 Å². The Morgan fingerprint density at radius 2 is 1.38 bits per heavy atom. The summed E-state index contributed by atoms with van der Waals surface area (Å²) < 4.78 is 34.1. The molecule has 0 spiro atoms. The van der Waals surface area contributed by atoms with Crippen LogP contribution in [0.15, 0.2) is 47.9 Å². The molecule has 2 rings (SSSR count). The van der Waals surface area contributed by atoms with Crippen molar-refractivity contribution < 1.29 is 32.5 Å². The molecule has 12 heteroatoms. The summed E-state index contributed by atoms with van der Waals surface area (Å²) in [7, 11) is -1.42. The largest absolute Gasteiger partial charge is 0.490 e. The van der Waals surface area contributed by atoms with Crippen LogP contribution in [0.25, 0.3) is 12.2 Å². The number of rotatable bonds is 10. The Hall–Kier alpha value is -4.06. The van der Waals surface area contributed by atoms with Crippen molar-refractivity contribution in [2.75, 3.05) is 20.0 Å². The fourth-order valence-electron chi connectivity index (χ4n) is 2.57. The van der Waals surface area contributed by atoms with Crippen molar-refractivity contribution in [2.45, 2.75) is 0 Å². The molecule has 0 aromatic heterocycles. The topological polar surface area (TPSA) is 156 Å². The summed E-state index contributed by atoms with van der Waals surface area (Å²) in [5.41, 5.74) is -0.0928. The molecule has 2 aromatic rings. The lowest BCUT2D eigenvalue weighted by Gasteiger charge is -2.02. The number of hydrogen-bond donors (Lipinski definition) is 0. The van der Waals surface area contributed by atoms with Crippen molar-refractivity contribution in [2.24, 2.45) is 0 Å². The number of nitro benzene ring substituents is 2. The lowest BCUT2D eigenvalue weighted by Crippen LogP contribution is -2.11. The van der Waals surface area contributed by atoms with E-state index in [9.17, 15) is 33.4 Å². The van der Waals surface area contributed by atoms with Crippen molar-refractivity contribution in [3.63, 3.8) is 0 Å². The smallest absolute Gasteiger partial charge is 0.311 e. The highest BCUT2D eigenvalue weighted by Gasteiger charge is 2.16. The maximum absolute atomic E-state index is 12.2. The second-order valence-electron chi connectivity index (χ2n) is 6.29. The Morgan fingerprint density at radius 3 is 1.81 bits per heavy atom. The molecule has 0 bridgehead atoms. The van der Waals surface area contributed by atoms with Gasteiger partial charge in [0.25, 0.3) is 0 Å². The predicted octanol–water partition coefficient (Wildman–Crippen LogP) is 3.19. The SMILES string of the molecule is COc1ccc(C=CS(=O)(=O)CC(=O)/C=C\c2ccc(OC)c([N+](=O)[O-])c2)cc1[N+](=O)[O-]. The van der Waals surface area contributed by atoms with E-state index in [1.54, 1.807) is 0 Å². The zero-order valence-electron chi connectivity index (χ0n) is 17.0. The van der Waals surface area contributed by atoms with Crippen LogP contribution in [0.5, 0.6) is 11.5 Å². The van der Waals surface area contributed by atoms with E-state index in [1.807, 2.05) is 0 Å². The number of nitro groups is 2. The Labute approximate surface area is 182 Å². The Kier molecular flexibility index (Phi) is 7.80. The monoisotopic (exact) mass is 462 g/mol. The standard InChI is InChI=1S/C20H18N2O9S/c1-30-19-7-4-14(11-17(19)21(24)25)3-6-16(23)13-32(28,29)10-9-15-5-8-20(31-2)18(12-15)22(26)27/h3-12H,13H2,1-2H3/b6-3-,10-9?. The first-order valence-corrected chi connectivity index (χ1v) is 10.5. The second kappa shape index (κ2) is 10.3. The molecule has 168 valence electrons. The average Bonchev–Trinajstić information content (AvgIpc) is 2.75. The third-order valence-corrected chi connectivity index (χ3v) is 5.31.